The molecule has 8 nitrogen and oxygen atoms in total. The number of benzene rings is 2. The summed E-state index contributed by atoms with van der Waals surface area (Å²) >= 11 is 27.4. The first-order chi connectivity index (χ1) is 20.5. The zero-order chi connectivity index (χ0) is 32.6. The van der Waals surface area contributed by atoms with E-state index >= 15 is 0 Å². The highest BCUT2D eigenvalue weighted by molar-refractivity contribution is 6.45. The van der Waals surface area contributed by atoms with Gasteiger partial charge in [0.2, 0.25) is 0 Å². The van der Waals surface area contributed by atoms with Gasteiger partial charge < -0.3 is 29.1 Å². The fourth-order valence-corrected chi connectivity index (χ4v) is 6.58. The van der Waals surface area contributed by atoms with Crippen molar-refractivity contribution in [1.82, 2.24) is 9.80 Å². The van der Waals surface area contributed by atoms with Gasteiger partial charge in [-0.25, -0.2) is 9.59 Å². The van der Waals surface area contributed by atoms with Gasteiger partial charge in [-0.2, -0.15) is 0 Å². The monoisotopic (exact) mass is 686 g/mol. The molecule has 0 spiro atoms. The Balaban J connectivity index is 1.44. The van der Waals surface area contributed by atoms with Crippen LogP contribution in [-0.4, -0.2) is 85.5 Å². The standard InChI is InChI=1S/C32H42Cl4N4O4/c1-20(21-8-10-23(27(35)25(21)33)37-12-16-39(17-13-37)29(41)43-31(2,3)4)22-9-11-24(28(36)26(22)34)38-14-18-40(19-15-38)30(42)44-32(5,6)7/h8-11,20H,12-19H2,1-7H3. The molecular weight excluding hydrogens is 646 g/mol. The largest absolute Gasteiger partial charge is 0.444 e. The molecule has 2 aromatic carbocycles. The summed E-state index contributed by atoms with van der Waals surface area (Å²) in [5.74, 6) is -0.180. The van der Waals surface area contributed by atoms with E-state index in [0.717, 1.165) is 22.5 Å². The summed E-state index contributed by atoms with van der Waals surface area (Å²) in [6.45, 7) is 17.7. The zero-order valence-electron chi connectivity index (χ0n) is 26.5. The summed E-state index contributed by atoms with van der Waals surface area (Å²) in [6, 6.07) is 7.89. The number of piperazine rings is 2. The van der Waals surface area contributed by atoms with Gasteiger partial charge in [-0.15, -0.1) is 0 Å². The number of carbonyl (C=O) groups excluding carboxylic acids is 2. The Morgan fingerprint density at radius 2 is 0.909 bits per heavy atom. The second-order valence-electron chi connectivity index (χ2n) is 13.2. The lowest BCUT2D eigenvalue weighted by Crippen LogP contribution is -2.50. The van der Waals surface area contributed by atoms with Crippen LogP contribution in [0.15, 0.2) is 24.3 Å². The number of halogens is 4. The van der Waals surface area contributed by atoms with Crippen molar-refractivity contribution in [2.75, 3.05) is 62.2 Å². The fraction of sp³-hybridized carbons (Fsp3) is 0.562. The lowest BCUT2D eigenvalue weighted by Gasteiger charge is -2.37. The molecule has 2 aliphatic rings. The highest BCUT2D eigenvalue weighted by Gasteiger charge is 2.30. The van der Waals surface area contributed by atoms with Crippen LogP contribution in [0.5, 0.6) is 0 Å². The van der Waals surface area contributed by atoms with Crippen LogP contribution in [0.4, 0.5) is 21.0 Å². The number of anilines is 2. The molecule has 4 rings (SSSR count). The number of nitrogens with zero attached hydrogens (tertiary/aromatic N) is 4. The van der Waals surface area contributed by atoms with Gasteiger partial charge in [-0.3, -0.25) is 0 Å². The third-order valence-corrected chi connectivity index (χ3v) is 9.43. The van der Waals surface area contributed by atoms with Gasteiger partial charge in [0.1, 0.15) is 11.2 Å². The summed E-state index contributed by atoms with van der Waals surface area (Å²) < 4.78 is 11.0. The van der Waals surface area contributed by atoms with Crippen LogP contribution >= 0.6 is 46.4 Å². The first-order valence-corrected chi connectivity index (χ1v) is 16.4. The van der Waals surface area contributed by atoms with E-state index in [0.29, 0.717) is 72.4 Å². The number of hydrogen-bond donors (Lipinski definition) is 0. The van der Waals surface area contributed by atoms with Crippen LogP contribution in [0, 0.1) is 0 Å². The van der Waals surface area contributed by atoms with Gasteiger partial charge in [0.05, 0.1) is 31.5 Å². The first kappa shape index (κ1) is 34.6. The van der Waals surface area contributed by atoms with E-state index in [1.807, 2.05) is 72.7 Å². The van der Waals surface area contributed by atoms with Gasteiger partial charge in [0, 0.05) is 58.3 Å². The van der Waals surface area contributed by atoms with Gasteiger partial charge in [0.25, 0.3) is 0 Å². The maximum absolute atomic E-state index is 12.5. The molecule has 2 aromatic rings. The predicted molar refractivity (Wildman–Crippen MR) is 180 cm³/mol. The van der Waals surface area contributed by atoms with Crippen LogP contribution in [0.25, 0.3) is 0 Å². The molecule has 0 radical (unpaired) electrons. The third-order valence-electron chi connectivity index (χ3n) is 7.66. The van der Waals surface area contributed by atoms with E-state index in [-0.39, 0.29) is 18.1 Å². The van der Waals surface area contributed by atoms with Crippen molar-refractivity contribution >= 4 is 70.0 Å². The second-order valence-corrected chi connectivity index (χ2v) is 14.7. The highest BCUT2D eigenvalue weighted by Crippen LogP contribution is 2.44. The molecule has 2 heterocycles. The molecule has 0 N–H and O–H groups in total. The van der Waals surface area contributed by atoms with Crippen molar-refractivity contribution in [3.05, 3.63) is 55.5 Å². The minimum atomic E-state index is -0.538. The van der Waals surface area contributed by atoms with Gasteiger partial charge >= 0.3 is 12.2 Å². The average Bonchev–Trinajstić information content (AvgIpc) is 2.94. The quantitative estimate of drug-likeness (QED) is 0.321. The summed E-state index contributed by atoms with van der Waals surface area (Å²) in [5.41, 5.74) is 2.24. The molecule has 44 heavy (non-hydrogen) atoms. The van der Waals surface area contributed by atoms with Crippen molar-refractivity contribution in [2.24, 2.45) is 0 Å². The number of carbonyl (C=O) groups is 2. The predicted octanol–water partition coefficient (Wildman–Crippen LogP) is 8.57. The topological polar surface area (TPSA) is 65.6 Å². The zero-order valence-corrected chi connectivity index (χ0v) is 29.5. The number of ether oxygens (including phenoxy) is 2. The Bertz CT molecular complexity index is 1270. The molecule has 242 valence electrons. The number of rotatable bonds is 4. The molecule has 2 saturated heterocycles. The van der Waals surface area contributed by atoms with E-state index in [4.69, 9.17) is 55.9 Å². The summed E-state index contributed by atoms with van der Waals surface area (Å²) in [4.78, 5) is 32.6. The Hall–Kier alpha value is -2.26. The van der Waals surface area contributed by atoms with Gasteiger partial charge in [-0.1, -0.05) is 65.5 Å². The van der Waals surface area contributed by atoms with E-state index in [1.54, 1.807) is 9.80 Å². The van der Waals surface area contributed by atoms with E-state index in [2.05, 4.69) is 9.80 Å². The molecule has 12 heteroatoms. The van der Waals surface area contributed by atoms with E-state index in [9.17, 15) is 9.59 Å². The summed E-state index contributed by atoms with van der Waals surface area (Å²) in [6.07, 6.45) is -0.620. The normalized spacial score (nSPS) is 16.5. The average molecular weight is 689 g/mol. The molecule has 0 atom stereocenters. The number of amides is 2. The third kappa shape index (κ3) is 8.11. The SMILES string of the molecule is CC(c1ccc(N2CCN(C(=O)OC(C)(C)C)CC2)c(Cl)c1Cl)c1ccc(N2CCN(C(=O)OC(C)(C)C)CC2)c(Cl)c1Cl. The van der Waals surface area contributed by atoms with Crippen LogP contribution in [0.3, 0.4) is 0 Å². The van der Waals surface area contributed by atoms with Crippen molar-refractivity contribution in [3.63, 3.8) is 0 Å². The maximum Gasteiger partial charge on any atom is 0.410 e. The fourth-order valence-electron chi connectivity index (χ4n) is 5.35. The van der Waals surface area contributed by atoms with Crippen molar-refractivity contribution in [3.8, 4) is 0 Å². The first-order valence-electron chi connectivity index (χ1n) is 14.9. The minimum absolute atomic E-state index is 0.180. The Morgan fingerprint density at radius 1 is 0.591 bits per heavy atom. The number of hydrogen-bond acceptors (Lipinski definition) is 6. The van der Waals surface area contributed by atoms with Crippen LogP contribution in [0.1, 0.15) is 65.5 Å². The molecule has 0 aliphatic carbocycles. The molecule has 2 aliphatic heterocycles. The van der Waals surface area contributed by atoms with Crippen LogP contribution in [-0.2, 0) is 9.47 Å². The molecule has 0 unspecified atom stereocenters. The molecular formula is C32H42Cl4N4O4. The lowest BCUT2D eigenvalue weighted by atomic mass is 9.92. The molecule has 0 saturated carbocycles. The minimum Gasteiger partial charge on any atom is -0.444 e. The van der Waals surface area contributed by atoms with E-state index < -0.39 is 11.2 Å². The van der Waals surface area contributed by atoms with Crippen LogP contribution < -0.4 is 9.80 Å². The summed E-state index contributed by atoms with van der Waals surface area (Å²) in [5, 5.41) is 1.84. The molecule has 2 fully saturated rings. The summed E-state index contributed by atoms with van der Waals surface area (Å²) in [7, 11) is 0. The van der Waals surface area contributed by atoms with Gasteiger partial charge in [-0.05, 0) is 64.8 Å². The maximum atomic E-state index is 12.5. The van der Waals surface area contributed by atoms with Crippen LogP contribution in [0.2, 0.25) is 20.1 Å². The smallest absolute Gasteiger partial charge is 0.410 e. The van der Waals surface area contributed by atoms with Crippen molar-refractivity contribution < 1.29 is 19.1 Å². The van der Waals surface area contributed by atoms with Crippen molar-refractivity contribution in [1.29, 1.82) is 0 Å². The lowest BCUT2D eigenvalue weighted by molar-refractivity contribution is 0.0230. The second kappa shape index (κ2) is 13.6. The van der Waals surface area contributed by atoms with Crippen molar-refractivity contribution in [2.45, 2.75) is 65.6 Å². The molecule has 2 amide bonds. The highest BCUT2D eigenvalue weighted by atomic mass is 35.5. The Labute approximate surface area is 281 Å². The molecule has 0 aromatic heterocycles. The molecule has 0 bridgehead atoms. The Morgan fingerprint density at radius 3 is 1.20 bits per heavy atom. The van der Waals surface area contributed by atoms with Gasteiger partial charge in [0.15, 0.2) is 0 Å². The van der Waals surface area contributed by atoms with E-state index in [1.165, 1.54) is 0 Å². The Kier molecular flexibility index (Phi) is 10.7.